The minimum absolute atomic E-state index is 0.126. The minimum Gasteiger partial charge on any atom is -0.493 e. The van der Waals surface area contributed by atoms with E-state index in [1.807, 2.05) is 20.9 Å². The van der Waals surface area contributed by atoms with Crippen LogP contribution in [0.5, 0.6) is 17.2 Å². The lowest BCUT2D eigenvalue weighted by Gasteiger charge is -2.20. The molecule has 1 N–H and O–H groups in total. The molecule has 0 saturated carbocycles. The number of hydrogen-bond acceptors (Lipinski definition) is 6. The molecule has 2 aromatic rings. The fraction of sp³-hybridized carbons (Fsp3) is 0.450. The van der Waals surface area contributed by atoms with Gasteiger partial charge in [0.15, 0.2) is 11.5 Å². The first-order valence-corrected chi connectivity index (χ1v) is 9.22. The van der Waals surface area contributed by atoms with Gasteiger partial charge in [-0.05, 0) is 13.8 Å². The van der Waals surface area contributed by atoms with Crippen LogP contribution in [0.2, 0.25) is 0 Å². The molecule has 2 amide bonds. The third-order valence-corrected chi connectivity index (χ3v) is 5.21. The number of nitrogens with zero attached hydrogens (tertiary/aromatic N) is 3. The van der Waals surface area contributed by atoms with Crippen LogP contribution in [-0.2, 0) is 16.6 Å². The van der Waals surface area contributed by atoms with Gasteiger partial charge in [0.05, 0.1) is 50.0 Å². The molecular weight excluding hydrogens is 376 g/mol. The summed E-state index contributed by atoms with van der Waals surface area (Å²) < 4.78 is 17.8. The van der Waals surface area contributed by atoms with Gasteiger partial charge in [-0.3, -0.25) is 14.3 Å². The molecule has 0 radical (unpaired) electrons. The van der Waals surface area contributed by atoms with Crippen LogP contribution in [0, 0.1) is 19.8 Å². The molecule has 1 fully saturated rings. The van der Waals surface area contributed by atoms with Crippen molar-refractivity contribution in [3.8, 4) is 17.2 Å². The molecule has 2 heterocycles. The van der Waals surface area contributed by atoms with E-state index in [4.69, 9.17) is 14.2 Å². The van der Waals surface area contributed by atoms with Crippen LogP contribution in [-0.4, -0.2) is 49.5 Å². The summed E-state index contributed by atoms with van der Waals surface area (Å²) in [5, 5.41) is 7.23. The van der Waals surface area contributed by atoms with Crippen molar-refractivity contribution in [2.24, 2.45) is 13.0 Å². The maximum Gasteiger partial charge on any atom is 0.229 e. The highest BCUT2D eigenvalue weighted by atomic mass is 16.5. The van der Waals surface area contributed by atoms with Gasteiger partial charge in [-0.15, -0.1) is 0 Å². The quantitative estimate of drug-likeness (QED) is 0.795. The number of carbonyl (C=O) groups excluding carboxylic acids is 2. The van der Waals surface area contributed by atoms with Crippen molar-refractivity contribution in [2.75, 3.05) is 38.1 Å². The van der Waals surface area contributed by atoms with Crippen LogP contribution in [0.25, 0.3) is 0 Å². The van der Waals surface area contributed by atoms with Crippen molar-refractivity contribution in [3.63, 3.8) is 0 Å². The summed E-state index contributed by atoms with van der Waals surface area (Å²) in [6.45, 7) is 3.99. The van der Waals surface area contributed by atoms with Crippen LogP contribution in [0.4, 0.5) is 11.4 Å². The number of nitrogens with one attached hydrogen (secondary N) is 1. The number of carbonyl (C=O) groups is 2. The molecule has 1 aliphatic heterocycles. The molecule has 3 rings (SSSR count). The van der Waals surface area contributed by atoms with Gasteiger partial charge in [0.25, 0.3) is 0 Å². The molecule has 9 heteroatoms. The Labute approximate surface area is 169 Å². The first-order chi connectivity index (χ1) is 13.8. The summed E-state index contributed by atoms with van der Waals surface area (Å²) >= 11 is 0. The van der Waals surface area contributed by atoms with E-state index in [0.717, 1.165) is 11.4 Å². The highest BCUT2D eigenvalue weighted by Crippen LogP contribution is 2.42. The molecule has 1 aromatic carbocycles. The van der Waals surface area contributed by atoms with E-state index in [2.05, 4.69) is 10.4 Å². The Balaban J connectivity index is 1.82. The Morgan fingerprint density at radius 3 is 2.24 bits per heavy atom. The number of anilines is 2. The average molecular weight is 402 g/mol. The number of hydrogen-bond donors (Lipinski definition) is 1. The van der Waals surface area contributed by atoms with E-state index in [0.29, 0.717) is 28.6 Å². The zero-order valence-corrected chi connectivity index (χ0v) is 17.5. The Morgan fingerprint density at radius 2 is 1.76 bits per heavy atom. The molecule has 0 unspecified atom stereocenters. The maximum absolute atomic E-state index is 12.8. The van der Waals surface area contributed by atoms with E-state index in [1.54, 1.807) is 21.7 Å². The number of amides is 2. The molecule has 0 spiro atoms. The zero-order valence-electron chi connectivity index (χ0n) is 17.5. The molecule has 9 nitrogen and oxygen atoms in total. The summed E-state index contributed by atoms with van der Waals surface area (Å²) in [4.78, 5) is 27.0. The lowest BCUT2D eigenvalue weighted by molar-refractivity contribution is -0.122. The molecular formula is C20H26N4O5. The van der Waals surface area contributed by atoms with Crippen LogP contribution in [0.1, 0.15) is 17.8 Å². The van der Waals surface area contributed by atoms with Crippen molar-refractivity contribution in [1.82, 2.24) is 9.78 Å². The Morgan fingerprint density at radius 1 is 1.14 bits per heavy atom. The summed E-state index contributed by atoms with van der Waals surface area (Å²) in [6.07, 6.45) is 0.126. The third-order valence-electron chi connectivity index (χ3n) is 5.21. The summed E-state index contributed by atoms with van der Waals surface area (Å²) in [7, 11) is 6.37. The normalized spacial score (nSPS) is 16.1. The molecule has 156 valence electrons. The van der Waals surface area contributed by atoms with E-state index in [-0.39, 0.29) is 24.8 Å². The van der Waals surface area contributed by atoms with Gasteiger partial charge < -0.3 is 24.4 Å². The standard InChI is InChI=1S/C20H26N4O5/c1-11-18(12(2)23(3)22-11)21-20(26)13-7-17(25)24(10-13)14-8-15(27-4)19(29-6)16(9-14)28-5/h8-9,13H,7,10H2,1-6H3,(H,21,26)/t13-/m1/s1. The van der Waals surface area contributed by atoms with E-state index >= 15 is 0 Å². The molecule has 1 saturated heterocycles. The summed E-state index contributed by atoms with van der Waals surface area (Å²) in [5.41, 5.74) is 2.88. The number of ether oxygens (including phenoxy) is 3. The average Bonchev–Trinajstić information content (AvgIpc) is 3.21. The zero-order chi connectivity index (χ0) is 21.3. The monoisotopic (exact) mass is 402 g/mol. The van der Waals surface area contributed by atoms with Gasteiger partial charge in [0.2, 0.25) is 17.6 Å². The van der Waals surface area contributed by atoms with Gasteiger partial charge in [-0.25, -0.2) is 0 Å². The minimum atomic E-state index is -0.472. The molecule has 29 heavy (non-hydrogen) atoms. The first-order valence-electron chi connectivity index (χ1n) is 9.22. The Hall–Kier alpha value is -3.23. The van der Waals surface area contributed by atoms with Crippen molar-refractivity contribution >= 4 is 23.2 Å². The number of rotatable bonds is 6. The second-order valence-electron chi connectivity index (χ2n) is 6.95. The first kappa shape index (κ1) is 20.5. The van der Waals surface area contributed by atoms with Crippen LogP contribution in [0.3, 0.4) is 0 Å². The van der Waals surface area contributed by atoms with Gasteiger partial charge in [0, 0.05) is 32.1 Å². The largest absolute Gasteiger partial charge is 0.493 e. The van der Waals surface area contributed by atoms with Gasteiger partial charge in [-0.2, -0.15) is 5.10 Å². The maximum atomic E-state index is 12.8. The smallest absolute Gasteiger partial charge is 0.229 e. The second kappa shape index (κ2) is 8.02. The Kier molecular flexibility index (Phi) is 5.67. The highest BCUT2D eigenvalue weighted by molar-refractivity contribution is 6.04. The summed E-state index contributed by atoms with van der Waals surface area (Å²) in [5.74, 6) is 0.530. The molecule has 1 aromatic heterocycles. The highest BCUT2D eigenvalue weighted by Gasteiger charge is 2.36. The van der Waals surface area contributed by atoms with Gasteiger partial charge in [0.1, 0.15) is 0 Å². The fourth-order valence-electron chi connectivity index (χ4n) is 3.54. The molecule has 0 aliphatic carbocycles. The van der Waals surface area contributed by atoms with Crippen LogP contribution < -0.4 is 24.4 Å². The van der Waals surface area contributed by atoms with Crippen LogP contribution >= 0.6 is 0 Å². The number of aryl methyl sites for hydroxylation is 2. The SMILES string of the molecule is COc1cc(N2C[C@H](C(=O)Nc3c(C)nn(C)c3C)CC2=O)cc(OC)c1OC. The van der Waals surface area contributed by atoms with Crippen molar-refractivity contribution < 1.29 is 23.8 Å². The van der Waals surface area contributed by atoms with E-state index in [1.165, 1.54) is 21.3 Å². The van der Waals surface area contributed by atoms with Crippen molar-refractivity contribution in [3.05, 3.63) is 23.5 Å². The number of aromatic nitrogens is 2. The molecule has 1 atom stereocenters. The fourth-order valence-corrected chi connectivity index (χ4v) is 3.54. The second-order valence-corrected chi connectivity index (χ2v) is 6.95. The Bertz CT molecular complexity index is 928. The van der Waals surface area contributed by atoms with E-state index in [9.17, 15) is 9.59 Å². The van der Waals surface area contributed by atoms with Gasteiger partial charge >= 0.3 is 0 Å². The van der Waals surface area contributed by atoms with Gasteiger partial charge in [-0.1, -0.05) is 0 Å². The summed E-state index contributed by atoms with van der Waals surface area (Å²) in [6, 6.07) is 3.41. The number of methoxy groups -OCH3 is 3. The topological polar surface area (TPSA) is 94.9 Å². The predicted octanol–water partition coefficient (Wildman–Crippen LogP) is 2.05. The lowest BCUT2D eigenvalue weighted by atomic mass is 10.1. The molecule has 0 bridgehead atoms. The number of benzene rings is 1. The third kappa shape index (κ3) is 3.72. The lowest BCUT2D eigenvalue weighted by Crippen LogP contribution is -2.28. The van der Waals surface area contributed by atoms with E-state index < -0.39 is 5.92 Å². The van der Waals surface area contributed by atoms with Crippen molar-refractivity contribution in [2.45, 2.75) is 20.3 Å². The molecule has 1 aliphatic rings. The van der Waals surface area contributed by atoms with Crippen molar-refractivity contribution in [1.29, 1.82) is 0 Å². The van der Waals surface area contributed by atoms with Crippen LogP contribution in [0.15, 0.2) is 12.1 Å². The predicted molar refractivity (Wildman–Crippen MR) is 108 cm³/mol.